The highest BCUT2D eigenvalue weighted by molar-refractivity contribution is 8.01. The number of carboxylic acids is 1. The highest BCUT2D eigenvalue weighted by atomic mass is 32.2. The van der Waals surface area contributed by atoms with Crippen molar-refractivity contribution in [1.82, 2.24) is 29.8 Å². The van der Waals surface area contributed by atoms with Crippen molar-refractivity contribution >= 4 is 80.5 Å². The van der Waals surface area contributed by atoms with Gasteiger partial charge in [0.2, 0.25) is 0 Å². The molecule has 0 aromatic carbocycles. The second kappa shape index (κ2) is 11.1. The molecule has 4 aromatic rings. The van der Waals surface area contributed by atoms with Crippen molar-refractivity contribution in [2.45, 2.75) is 22.3 Å². The third-order valence-electron chi connectivity index (χ3n) is 6.28. The molecule has 14 nitrogen and oxygen atoms in total. The number of nitrogen functional groups attached to an aromatic ring is 1. The van der Waals surface area contributed by atoms with Crippen LogP contribution >= 0.6 is 46.2 Å². The van der Waals surface area contributed by atoms with Crippen LogP contribution in [0.4, 0.5) is 5.13 Å². The summed E-state index contributed by atoms with van der Waals surface area (Å²) in [6.07, 6.45) is 5.50. The summed E-state index contributed by atoms with van der Waals surface area (Å²) in [4.78, 5) is 47.5. The molecule has 6 rings (SSSR count). The zero-order valence-corrected chi connectivity index (χ0v) is 24.0. The van der Waals surface area contributed by atoms with E-state index in [0.717, 1.165) is 31.9 Å². The van der Waals surface area contributed by atoms with Gasteiger partial charge >= 0.3 is 5.65 Å². The maximum absolute atomic E-state index is 13.0. The van der Waals surface area contributed by atoms with E-state index in [2.05, 4.69) is 25.5 Å². The van der Waals surface area contributed by atoms with Crippen LogP contribution < -0.4 is 20.7 Å². The average molecular weight is 630 g/mol. The average Bonchev–Trinajstić information content (AvgIpc) is 3.71. The van der Waals surface area contributed by atoms with Gasteiger partial charge in [-0.3, -0.25) is 14.5 Å². The summed E-state index contributed by atoms with van der Waals surface area (Å²) in [6, 6.07) is 2.81. The molecule has 0 saturated carbocycles. The largest absolute Gasteiger partial charge is 0.543 e. The summed E-state index contributed by atoms with van der Waals surface area (Å²) >= 11 is 5.22. The Morgan fingerprint density at radius 1 is 1.32 bits per heavy atom. The maximum atomic E-state index is 13.0. The minimum absolute atomic E-state index is 0.0602. The fourth-order valence-electron chi connectivity index (χ4n) is 4.42. The van der Waals surface area contributed by atoms with Gasteiger partial charge in [0, 0.05) is 28.3 Å². The second-order valence-corrected chi connectivity index (χ2v) is 12.8. The standard InChI is InChI=1S/C23H19N9O5S4/c24-22-27-13(10-39-22)15(29-37)18(33)28-16-19(34)32-17(21(35)36)11(7-38-20(16)32)8-40-23-26-12(9-41-23)6-30-4-5-31-14(30)2-1-3-25-31/h1-5,9-10,16,20H,6-8H2,(H4-,24,27,28,33,35,36,37)/t16-,20?/m1/s1. The predicted octanol–water partition coefficient (Wildman–Crippen LogP) is -0.460. The third-order valence-corrected chi connectivity index (χ3v) is 10.4. The molecule has 1 fully saturated rings. The first kappa shape index (κ1) is 27.2. The topological polar surface area (TPSA) is 195 Å². The van der Waals surface area contributed by atoms with Gasteiger partial charge in [0.05, 0.1) is 23.6 Å². The van der Waals surface area contributed by atoms with Crippen LogP contribution in [0.25, 0.3) is 5.65 Å². The fraction of sp³-hybridized carbons (Fsp3) is 0.217. The quantitative estimate of drug-likeness (QED) is 0.0541. The number of thioether (sulfide) groups is 2. The van der Waals surface area contributed by atoms with Gasteiger partial charge in [0.15, 0.2) is 21.4 Å². The summed E-state index contributed by atoms with van der Waals surface area (Å²) < 4.78 is 4.56. The monoisotopic (exact) mass is 629 g/mol. The second-order valence-electron chi connectivity index (χ2n) is 8.77. The normalized spacial score (nSPS) is 18.9. The van der Waals surface area contributed by atoms with Gasteiger partial charge in [-0.05, 0) is 11.6 Å². The van der Waals surface area contributed by atoms with Crippen LogP contribution in [0.1, 0.15) is 11.4 Å². The van der Waals surface area contributed by atoms with Gasteiger partial charge in [0.25, 0.3) is 11.8 Å². The number of nitrogens with two attached hydrogens (primary N) is 1. The SMILES string of the molecule is Nc1nc(/C(=N\O)C(=O)N[C@@H]2C(=O)N3C(C(=O)[O-])=C(CSc4nc(C[n+]5ccn6ncccc65)cs4)CSC23)cs1. The smallest absolute Gasteiger partial charge is 0.307 e. The molecular formula is C23H19N9O5S4. The van der Waals surface area contributed by atoms with E-state index >= 15 is 0 Å². The zero-order chi connectivity index (χ0) is 28.7. The summed E-state index contributed by atoms with van der Waals surface area (Å²) in [5.41, 5.74) is 7.36. The summed E-state index contributed by atoms with van der Waals surface area (Å²) in [6.45, 7) is 0.553. The molecule has 4 N–H and O–H groups in total. The van der Waals surface area contributed by atoms with Crippen LogP contribution in [0.15, 0.2) is 62.2 Å². The van der Waals surface area contributed by atoms with Crippen LogP contribution in [-0.2, 0) is 20.9 Å². The number of anilines is 1. The lowest BCUT2D eigenvalue weighted by Gasteiger charge is -2.50. The Labute approximate surface area is 247 Å². The van der Waals surface area contributed by atoms with Gasteiger partial charge in [0.1, 0.15) is 29.9 Å². The number of aliphatic carboxylic acids is 1. The fourth-order valence-corrected chi connectivity index (χ4v) is 8.29. The molecule has 1 unspecified atom stereocenters. The summed E-state index contributed by atoms with van der Waals surface area (Å²) in [5, 5.41) is 34.1. The van der Waals surface area contributed by atoms with Crippen molar-refractivity contribution in [2.75, 3.05) is 17.2 Å². The van der Waals surface area contributed by atoms with Crippen molar-refractivity contribution in [3.63, 3.8) is 0 Å². The number of nitrogens with one attached hydrogen (secondary N) is 1. The molecule has 0 spiro atoms. The lowest BCUT2D eigenvalue weighted by molar-refractivity contribution is -0.662. The van der Waals surface area contributed by atoms with Crippen LogP contribution in [-0.4, -0.2) is 76.1 Å². The molecule has 210 valence electrons. The van der Waals surface area contributed by atoms with E-state index in [-0.39, 0.29) is 16.5 Å². The first-order chi connectivity index (χ1) is 19.8. The molecule has 0 radical (unpaired) electrons. The third kappa shape index (κ3) is 5.14. The summed E-state index contributed by atoms with van der Waals surface area (Å²) in [7, 11) is 0. The van der Waals surface area contributed by atoms with Crippen LogP contribution in [0.3, 0.4) is 0 Å². The number of nitrogens with zero attached hydrogens (tertiary/aromatic N) is 7. The molecule has 2 atom stereocenters. The van der Waals surface area contributed by atoms with Gasteiger partial charge in [-0.15, -0.1) is 39.0 Å². The molecular weight excluding hydrogens is 611 g/mol. The van der Waals surface area contributed by atoms with Crippen molar-refractivity contribution < 1.29 is 29.3 Å². The van der Waals surface area contributed by atoms with Crippen LogP contribution in [0.5, 0.6) is 0 Å². The Bertz CT molecular complexity index is 1750. The van der Waals surface area contributed by atoms with Crippen molar-refractivity contribution in [3.8, 4) is 0 Å². The minimum Gasteiger partial charge on any atom is -0.543 e. The first-order valence-electron chi connectivity index (χ1n) is 11.9. The number of fused-ring (bicyclic) bond motifs is 2. The number of hydrogen-bond donors (Lipinski definition) is 3. The molecule has 6 heterocycles. The van der Waals surface area contributed by atoms with E-state index < -0.39 is 34.9 Å². The molecule has 2 aliphatic heterocycles. The number of carboxylic acid groups (broad SMARTS) is 1. The number of carbonyl (C=O) groups excluding carboxylic acids is 3. The van der Waals surface area contributed by atoms with Crippen molar-refractivity contribution in [3.05, 3.63) is 64.1 Å². The number of imidazole rings is 1. The molecule has 41 heavy (non-hydrogen) atoms. The number of hydrogen-bond acceptors (Lipinski definition) is 14. The maximum Gasteiger partial charge on any atom is 0.307 e. The minimum atomic E-state index is -1.47. The Balaban J connectivity index is 1.11. The van der Waals surface area contributed by atoms with E-state index in [9.17, 15) is 24.7 Å². The van der Waals surface area contributed by atoms with E-state index in [1.165, 1.54) is 40.2 Å². The first-order valence-corrected chi connectivity index (χ1v) is 15.6. The number of β-lactam (4-membered cyclic amide) rings is 1. The number of thiazole rings is 2. The molecule has 2 aliphatic rings. The Kier molecular flexibility index (Phi) is 7.37. The number of amides is 2. The van der Waals surface area contributed by atoms with Gasteiger partial charge in [-0.25, -0.2) is 14.5 Å². The highest BCUT2D eigenvalue weighted by Gasteiger charge is 2.53. The van der Waals surface area contributed by atoms with Gasteiger partial charge in [-0.2, -0.15) is 0 Å². The van der Waals surface area contributed by atoms with E-state index in [1.807, 2.05) is 34.5 Å². The van der Waals surface area contributed by atoms with E-state index in [0.29, 0.717) is 23.6 Å². The molecule has 4 aromatic heterocycles. The number of aromatic nitrogens is 5. The van der Waals surface area contributed by atoms with E-state index in [4.69, 9.17) is 5.73 Å². The summed E-state index contributed by atoms with van der Waals surface area (Å²) in [5.74, 6) is -2.28. The molecule has 0 bridgehead atoms. The Morgan fingerprint density at radius 3 is 2.93 bits per heavy atom. The Hall–Kier alpha value is -4.00. The number of oxime groups is 1. The molecule has 18 heteroatoms. The van der Waals surface area contributed by atoms with E-state index in [1.54, 1.807) is 10.7 Å². The number of carbonyl (C=O) groups is 3. The van der Waals surface area contributed by atoms with Crippen LogP contribution in [0.2, 0.25) is 0 Å². The molecule has 2 amide bonds. The Morgan fingerprint density at radius 2 is 2.17 bits per heavy atom. The van der Waals surface area contributed by atoms with Crippen molar-refractivity contribution in [2.24, 2.45) is 5.16 Å². The number of rotatable bonds is 9. The predicted molar refractivity (Wildman–Crippen MR) is 149 cm³/mol. The van der Waals surface area contributed by atoms with Gasteiger partial charge in [-0.1, -0.05) is 22.0 Å². The lowest BCUT2D eigenvalue weighted by atomic mass is 10.0. The molecule has 1 saturated heterocycles. The zero-order valence-electron chi connectivity index (χ0n) is 20.7. The highest BCUT2D eigenvalue weighted by Crippen LogP contribution is 2.41. The van der Waals surface area contributed by atoms with Crippen molar-refractivity contribution in [1.29, 1.82) is 0 Å². The van der Waals surface area contributed by atoms with Crippen LogP contribution in [0, 0.1) is 0 Å². The lowest BCUT2D eigenvalue weighted by Crippen LogP contribution is -2.71. The van der Waals surface area contributed by atoms with Gasteiger partial charge < -0.3 is 26.2 Å². The molecule has 0 aliphatic carbocycles.